The topological polar surface area (TPSA) is 67.4 Å². The predicted molar refractivity (Wildman–Crippen MR) is 100 cm³/mol. The highest BCUT2D eigenvalue weighted by Crippen LogP contribution is 2.34. The van der Waals surface area contributed by atoms with E-state index < -0.39 is 0 Å². The molecule has 1 aliphatic carbocycles. The Morgan fingerprint density at radius 1 is 1.16 bits per heavy atom. The van der Waals surface area contributed by atoms with Crippen molar-refractivity contribution in [3.05, 3.63) is 16.0 Å². The molecule has 1 unspecified atom stereocenters. The quantitative estimate of drug-likeness (QED) is 0.835. The summed E-state index contributed by atoms with van der Waals surface area (Å²) in [4.78, 5) is 26.5. The molecule has 0 spiro atoms. The summed E-state index contributed by atoms with van der Waals surface area (Å²) in [5.74, 6) is -0.177. The van der Waals surface area contributed by atoms with Crippen molar-refractivity contribution in [3.8, 4) is 0 Å². The zero-order chi connectivity index (χ0) is 17.8. The van der Waals surface area contributed by atoms with Gasteiger partial charge >= 0.3 is 0 Å². The van der Waals surface area contributed by atoms with Crippen LogP contribution in [-0.2, 0) is 16.0 Å². The second kappa shape index (κ2) is 8.32. The Kier molecular flexibility index (Phi) is 6.12. The number of hydrogen-bond donors (Lipinski definition) is 2. The van der Waals surface area contributed by atoms with Gasteiger partial charge in [-0.3, -0.25) is 9.59 Å². The van der Waals surface area contributed by atoms with Gasteiger partial charge in [0.15, 0.2) is 0 Å². The van der Waals surface area contributed by atoms with Gasteiger partial charge in [-0.15, -0.1) is 11.3 Å². The van der Waals surface area contributed by atoms with E-state index >= 15 is 0 Å². The molecule has 5 nitrogen and oxygen atoms in total. The van der Waals surface area contributed by atoms with Crippen LogP contribution in [0.2, 0.25) is 0 Å². The van der Waals surface area contributed by atoms with Crippen molar-refractivity contribution in [1.29, 1.82) is 0 Å². The van der Waals surface area contributed by atoms with Crippen LogP contribution >= 0.6 is 11.3 Å². The van der Waals surface area contributed by atoms with Gasteiger partial charge in [-0.2, -0.15) is 0 Å². The first-order chi connectivity index (χ1) is 12.1. The maximum atomic E-state index is 12.9. The fourth-order valence-corrected chi connectivity index (χ4v) is 4.96. The van der Waals surface area contributed by atoms with Crippen molar-refractivity contribution in [2.24, 2.45) is 0 Å². The standard InChI is InChI=1S/C19H28N2O3S/c1-3-14-12(2)25-19(21-17(22)15-10-7-11-24-15)16(14)18(23)20-13-8-5-4-6-9-13/h13,15H,3-11H2,1-2H3,(H,20,23)(H,21,22). The second-order valence-electron chi connectivity index (χ2n) is 6.99. The summed E-state index contributed by atoms with van der Waals surface area (Å²) in [6.45, 7) is 4.71. The van der Waals surface area contributed by atoms with Crippen LogP contribution in [0.1, 0.15) is 72.7 Å². The van der Waals surface area contributed by atoms with Gasteiger partial charge < -0.3 is 15.4 Å². The fraction of sp³-hybridized carbons (Fsp3) is 0.684. The Balaban J connectivity index is 1.78. The third-order valence-electron chi connectivity index (χ3n) is 5.19. The van der Waals surface area contributed by atoms with Gasteiger partial charge in [0, 0.05) is 17.5 Å². The number of nitrogens with one attached hydrogen (secondary N) is 2. The number of thiophene rings is 1. The molecule has 2 fully saturated rings. The van der Waals surface area contributed by atoms with Crippen molar-refractivity contribution in [2.45, 2.75) is 77.4 Å². The molecule has 2 amide bonds. The highest BCUT2D eigenvalue weighted by Gasteiger charge is 2.28. The summed E-state index contributed by atoms with van der Waals surface area (Å²) < 4.78 is 5.46. The molecule has 0 aromatic carbocycles. The molecule has 0 bridgehead atoms. The predicted octanol–water partition coefficient (Wildman–Crippen LogP) is 3.80. The van der Waals surface area contributed by atoms with E-state index in [1.165, 1.54) is 30.6 Å². The van der Waals surface area contributed by atoms with E-state index in [1.54, 1.807) is 0 Å². The highest BCUT2D eigenvalue weighted by atomic mass is 32.1. The van der Waals surface area contributed by atoms with E-state index in [1.807, 2.05) is 6.92 Å². The van der Waals surface area contributed by atoms with Crippen LogP contribution in [-0.4, -0.2) is 30.6 Å². The molecule has 1 atom stereocenters. The SMILES string of the molecule is CCc1c(C)sc(NC(=O)C2CCCO2)c1C(=O)NC1CCCCC1. The largest absolute Gasteiger partial charge is 0.368 e. The van der Waals surface area contributed by atoms with Crippen LogP contribution in [0.5, 0.6) is 0 Å². The van der Waals surface area contributed by atoms with Gasteiger partial charge in [0.25, 0.3) is 11.8 Å². The first-order valence-electron chi connectivity index (χ1n) is 9.45. The lowest BCUT2D eigenvalue weighted by Gasteiger charge is -2.23. The normalized spacial score (nSPS) is 21.3. The maximum absolute atomic E-state index is 12.9. The van der Waals surface area contributed by atoms with E-state index in [4.69, 9.17) is 4.74 Å². The fourth-order valence-electron chi connectivity index (χ4n) is 3.81. The van der Waals surface area contributed by atoms with Crippen molar-refractivity contribution < 1.29 is 14.3 Å². The summed E-state index contributed by atoms with van der Waals surface area (Å²) in [6.07, 6.45) is 7.77. The van der Waals surface area contributed by atoms with Gasteiger partial charge in [0.2, 0.25) is 0 Å². The van der Waals surface area contributed by atoms with E-state index in [-0.39, 0.29) is 24.0 Å². The Morgan fingerprint density at radius 2 is 1.92 bits per heavy atom. The van der Waals surface area contributed by atoms with Crippen LogP contribution in [0.3, 0.4) is 0 Å². The van der Waals surface area contributed by atoms with Crippen LogP contribution < -0.4 is 10.6 Å². The Bertz CT molecular complexity index is 629. The lowest BCUT2D eigenvalue weighted by Crippen LogP contribution is -2.37. The summed E-state index contributed by atoms with van der Waals surface area (Å²) >= 11 is 1.49. The molecule has 25 heavy (non-hydrogen) atoms. The number of anilines is 1. The van der Waals surface area contributed by atoms with Gasteiger partial charge in [-0.05, 0) is 44.6 Å². The third kappa shape index (κ3) is 4.23. The molecule has 1 saturated heterocycles. The number of carbonyl (C=O) groups is 2. The number of hydrogen-bond acceptors (Lipinski definition) is 4. The zero-order valence-electron chi connectivity index (χ0n) is 15.2. The monoisotopic (exact) mass is 364 g/mol. The highest BCUT2D eigenvalue weighted by molar-refractivity contribution is 7.16. The molecule has 1 aliphatic heterocycles. The second-order valence-corrected chi connectivity index (χ2v) is 8.22. The maximum Gasteiger partial charge on any atom is 0.254 e. The van der Waals surface area contributed by atoms with Crippen molar-refractivity contribution >= 4 is 28.2 Å². The molecule has 6 heteroatoms. The average molecular weight is 365 g/mol. The van der Waals surface area contributed by atoms with Crippen LogP contribution in [0.15, 0.2) is 0 Å². The van der Waals surface area contributed by atoms with Crippen LogP contribution in [0.25, 0.3) is 0 Å². The van der Waals surface area contributed by atoms with E-state index in [9.17, 15) is 9.59 Å². The Morgan fingerprint density at radius 3 is 2.56 bits per heavy atom. The summed E-state index contributed by atoms with van der Waals surface area (Å²) in [5.41, 5.74) is 1.70. The molecular weight excluding hydrogens is 336 g/mol. The summed E-state index contributed by atoms with van der Waals surface area (Å²) in [6, 6.07) is 0.257. The molecular formula is C19H28N2O3S. The molecule has 2 aliphatic rings. The van der Waals surface area contributed by atoms with Crippen molar-refractivity contribution in [2.75, 3.05) is 11.9 Å². The minimum absolute atomic E-state index is 0.0456. The molecule has 2 heterocycles. The van der Waals surface area contributed by atoms with Crippen LogP contribution in [0.4, 0.5) is 5.00 Å². The average Bonchev–Trinajstić information content (AvgIpc) is 3.23. The molecule has 1 aromatic rings. The van der Waals surface area contributed by atoms with E-state index in [2.05, 4.69) is 17.6 Å². The van der Waals surface area contributed by atoms with Crippen molar-refractivity contribution in [3.63, 3.8) is 0 Å². The summed E-state index contributed by atoms with van der Waals surface area (Å²) in [5, 5.41) is 6.82. The summed E-state index contributed by atoms with van der Waals surface area (Å²) in [7, 11) is 0. The van der Waals surface area contributed by atoms with Gasteiger partial charge in [-0.1, -0.05) is 26.2 Å². The number of carbonyl (C=O) groups excluding carboxylic acids is 2. The number of amides is 2. The van der Waals surface area contributed by atoms with Gasteiger partial charge in [0.05, 0.1) is 5.56 Å². The smallest absolute Gasteiger partial charge is 0.254 e. The van der Waals surface area contributed by atoms with Gasteiger partial charge in [-0.25, -0.2) is 0 Å². The Hall–Kier alpha value is -1.40. The molecule has 3 rings (SSSR count). The number of ether oxygens (including phenoxy) is 1. The lowest BCUT2D eigenvalue weighted by atomic mass is 9.95. The number of aryl methyl sites for hydroxylation is 1. The first-order valence-corrected chi connectivity index (χ1v) is 10.3. The Labute approximate surface area is 153 Å². The number of rotatable bonds is 5. The van der Waals surface area contributed by atoms with Crippen molar-refractivity contribution in [1.82, 2.24) is 5.32 Å². The molecule has 1 aromatic heterocycles. The van der Waals surface area contributed by atoms with Crippen LogP contribution in [0, 0.1) is 6.92 Å². The first kappa shape index (κ1) is 18.4. The zero-order valence-corrected chi connectivity index (χ0v) is 16.0. The molecule has 1 saturated carbocycles. The van der Waals surface area contributed by atoms with E-state index in [0.717, 1.165) is 42.5 Å². The third-order valence-corrected chi connectivity index (χ3v) is 6.25. The van der Waals surface area contributed by atoms with Gasteiger partial charge in [0.1, 0.15) is 11.1 Å². The molecule has 2 N–H and O–H groups in total. The van der Waals surface area contributed by atoms with E-state index in [0.29, 0.717) is 17.2 Å². The minimum Gasteiger partial charge on any atom is -0.368 e. The lowest BCUT2D eigenvalue weighted by molar-refractivity contribution is -0.124. The molecule has 0 radical (unpaired) electrons. The minimum atomic E-state index is -0.387. The molecule has 138 valence electrons.